The highest BCUT2D eigenvalue weighted by Crippen LogP contribution is 2.24. The van der Waals surface area contributed by atoms with Crippen LogP contribution in [0, 0.1) is 0 Å². The largest absolute Gasteiger partial charge is 0.383 e. The Labute approximate surface area is 175 Å². The van der Waals surface area contributed by atoms with E-state index in [-0.39, 0.29) is 5.95 Å². The lowest BCUT2D eigenvalue weighted by Gasteiger charge is -2.12. The third-order valence-electron chi connectivity index (χ3n) is 5.53. The molecule has 5 aromatic rings. The maximum Gasteiger partial charge on any atom is 0.222 e. The number of hydrogen-bond acceptors (Lipinski definition) is 4. The van der Waals surface area contributed by atoms with Gasteiger partial charge in [0.1, 0.15) is 5.82 Å². The highest BCUT2D eigenvalue weighted by atomic mass is 15.0. The van der Waals surface area contributed by atoms with E-state index in [0.717, 1.165) is 23.7 Å². The van der Waals surface area contributed by atoms with E-state index in [4.69, 9.17) is 11.5 Å². The number of hydrogen-bond donors (Lipinski definition) is 2. The van der Waals surface area contributed by atoms with Crippen LogP contribution in [0.5, 0.6) is 0 Å². The molecule has 5 rings (SSSR count). The van der Waals surface area contributed by atoms with Gasteiger partial charge in [-0.05, 0) is 58.0 Å². The summed E-state index contributed by atoms with van der Waals surface area (Å²) in [5.41, 5.74) is 17.7. The standard InChI is InChI=1S/C26H22N4/c27-25-23-16-18(10-12-24(23)29-26(28)30-25)15-22-8-4-3-7-21(22)14-17-9-11-19-5-1-2-6-20(19)13-17/h1-13,16H,14-15H2,(H4,27,28,29,30). The van der Waals surface area contributed by atoms with Crippen molar-refractivity contribution in [2.45, 2.75) is 12.8 Å². The maximum atomic E-state index is 6.07. The maximum absolute atomic E-state index is 6.07. The van der Waals surface area contributed by atoms with Gasteiger partial charge in [0, 0.05) is 5.39 Å². The van der Waals surface area contributed by atoms with E-state index in [0.29, 0.717) is 5.82 Å². The minimum atomic E-state index is 0.202. The summed E-state index contributed by atoms with van der Waals surface area (Å²) >= 11 is 0. The van der Waals surface area contributed by atoms with Gasteiger partial charge in [-0.15, -0.1) is 0 Å². The van der Waals surface area contributed by atoms with Crippen molar-refractivity contribution in [3.8, 4) is 0 Å². The molecule has 0 aliphatic carbocycles. The molecule has 0 radical (unpaired) electrons. The lowest BCUT2D eigenvalue weighted by Crippen LogP contribution is -2.01. The van der Waals surface area contributed by atoms with Gasteiger partial charge in [0.25, 0.3) is 0 Å². The van der Waals surface area contributed by atoms with Crippen molar-refractivity contribution in [3.05, 3.63) is 107 Å². The molecule has 0 spiro atoms. The average Bonchev–Trinajstić information content (AvgIpc) is 2.75. The third-order valence-corrected chi connectivity index (χ3v) is 5.53. The van der Waals surface area contributed by atoms with Crippen molar-refractivity contribution < 1.29 is 0 Å². The van der Waals surface area contributed by atoms with Crippen LogP contribution < -0.4 is 11.5 Å². The van der Waals surface area contributed by atoms with Crippen LogP contribution in [0.2, 0.25) is 0 Å². The number of benzene rings is 4. The Bertz CT molecular complexity index is 1370. The van der Waals surface area contributed by atoms with Gasteiger partial charge in [-0.25, -0.2) is 4.98 Å². The fraction of sp³-hybridized carbons (Fsp3) is 0.0769. The molecule has 1 aromatic heterocycles. The second-order valence-corrected chi connectivity index (χ2v) is 7.62. The molecule has 0 saturated carbocycles. The molecule has 4 nitrogen and oxygen atoms in total. The Morgan fingerprint density at radius 1 is 0.600 bits per heavy atom. The number of anilines is 2. The molecule has 1 heterocycles. The Morgan fingerprint density at radius 3 is 2.00 bits per heavy atom. The van der Waals surface area contributed by atoms with Crippen LogP contribution in [0.25, 0.3) is 21.7 Å². The molecule has 30 heavy (non-hydrogen) atoms. The fourth-order valence-electron chi connectivity index (χ4n) is 4.02. The second-order valence-electron chi connectivity index (χ2n) is 7.62. The van der Waals surface area contributed by atoms with E-state index in [1.807, 2.05) is 6.07 Å². The van der Waals surface area contributed by atoms with Gasteiger partial charge in [-0.3, -0.25) is 0 Å². The van der Waals surface area contributed by atoms with E-state index in [1.54, 1.807) is 0 Å². The first kappa shape index (κ1) is 18.1. The predicted octanol–water partition coefficient (Wildman–Crippen LogP) is 5.13. The zero-order valence-corrected chi connectivity index (χ0v) is 16.5. The summed E-state index contributed by atoms with van der Waals surface area (Å²) in [5, 5.41) is 3.39. The smallest absolute Gasteiger partial charge is 0.222 e. The molecule has 0 unspecified atom stereocenters. The fourth-order valence-corrected chi connectivity index (χ4v) is 4.02. The molecule has 4 aromatic carbocycles. The molecule has 0 amide bonds. The summed E-state index contributed by atoms with van der Waals surface area (Å²) in [5.74, 6) is 0.622. The molecule has 0 atom stereocenters. The van der Waals surface area contributed by atoms with E-state index in [1.165, 1.54) is 33.0 Å². The van der Waals surface area contributed by atoms with Crippen molar-refractivity contribution in [2.24, 2.45) is 0 Å². The van der Waals surface area contributed by atoms with Crippen molar-refractivity contribution in [1.82, 2.24) is 9.97 Å². The number of rotatable bonds is 4. The highest BCUT2D eigenvalue weighted by Gasteiger charge is 2.08. The van der Waals surface area contributed by atoms with Crippen molar-refractivity contribution >= 4 is 33.4 Å². The van der Waals surface area contributed by atoms with E-state index in [9.17, 15) is 0 Å². The predicted molar refractivity (Wildman–Crippen MR) is 124 cm³/mol. The molecule has 0 aliphatic heterocycles. The van der Waals surface area contributed by atoms with Crippen LogP contribution in [0.4, 0.5) is 11.8 Å². The third kappa shape index (κ3) is 3.55. The molecule has 4 heteroatoms. The minimum Gasteiger partial charge on any atom is -0.383 e. The Balaban J connectivity index is 1.46. The molecule has 0 saturated heterocycles. The molecular weight excluding hydrogens is 368 g/mol. The lowest BCUT2D eigenvalue weighted by atomic mass is 9.94. The number of fused-ring (bicyclic) bond motifs is 2. The van der Waals surface area contributed by atoms with Crippen molar-refractivity contribution in [1.29, 1.82) is 0 Å². The molecule has 0 bridgehead atoms. The molecule has 4 N–H and O–H groups in total. The number of nitrogens with two attached hydrogens (primary N) is 2. The van der Waals surface area contributed by atoms with Gasteiger partial charge in [-0.1, -0.05) is 72.8 Å². The average molecular weight is 390 g/mol. The van der Waals surface area contributed by atoms with E-state index >= 15 is 0 Å². The van der Waals surface area contributed by atoms with Crippen molar-refractivity contribution in [3.63, 3.8) is 0 Å². The molecule has 0 aliphatic rings. The topological polar surface area (TPSA) is 77.8 Å². The van der Waals surface area contributed by atoms with E-state index < -0.39 is 0 Å². The van der Waals surface area contributed by atoms with Crippen LogP contribution in [0.1, 0.15) is 22.3 Å². The number of aromatic nitrogens is 2. The first-order chi connectivity index (χ1) is 14.7. The summed E-state index contributed by atoms with van der Waals surface area (Å²) in [6.07, 6.45) is 1.72. The molecule has 146 valence electrons. The minimum absolute atomic E-state index is 0.202. The lowest BCUT2D eigenvalue weighted by molar-refractivity contribution is 1.09. The molecule has 0 fully saturated rings. The van der Waals surface area contributed by atoms with Crippen LogP contribution in [0.15, 0.2) is 84.9 Å². The first-order valence-electron chi connectivity index (χ1n) is 10.0. The van der Waals surface area contributed by atoms with Gasteiger partial charge in [0.15, 0.2) is 0 Å². The van der Waals surface area contributed by atoms with Gasteiger partial charge >= 0.3 is 0 Å². The quantitative estimate of drug-likeness (QED) is 0.446. The Kier molecular flexibility index (Phi) is 4.52. The van der Waals surface area contributed by atoms with Gasteiger partial charge in [0.2, 0.25) is 5.95 Å². The normalized spacial score (nSPS) is 11.2. The summed E-state index contributed by atoms with van der Waals surface area (Å²) in [6, 6.07) is 29.9. The summed E-state index contributed by atoms with van der Waals surface area (Å²) in [6.45, 7) is 0. The SMILES string of the molecule is Nc1nc(N)c2cc(Cc3ccccc3Cc3ccc4ccccc4c3)ccc2n1. The second kappa shape index (κ2) is 7.48. The molecular formula is C26H22N4. The monoisotopic (exact) mass is 390 g/mol. The van der Waals surface area contributed by atoms with Crippen LogP contribution >= 0.6 is 0 Å². The summed E-state index contributed by atoms with van der Waals surface area (Å²) in [7, 11) is 0. The Hall–Kier alpha value is -3.92. The first-order valence-corrected chi connectivity index (χ1v) is 10.0. The van der Waals surface area contributed by atoms with Crippen LogP contribution in [-0.2, 0) is 12.8 Å². The van der Waals surface area contributed by atoms with E-state index in [2.05, 4.69) is 88.8 Å². The summed E-state index contributed by atoms with van der Waals surface area (Å²) < 4.78 is 0. The van der Waals surface area contributed by atoms with Gasteiger partial charge < -0.3 is 11.5 Å². The number of nitrogen functional groups attached to an aromatic ring is 2. The zero-order valence-electron chi connectivity index (χ0n) is 16.5. The van der Waals surface area contributed by atoms with Gasteiger partial charge in [0.05, 0.1) is 5.52 Å². The van der Waals surface area contributed by atoms with Gasteiger partial charge in [-0.2, -0.15) is 4.98 Å². The Morgan fingerprint density at radius 2 is 1.23 bits per heavy atom. The highest BCUT2D eigenvalue weighted by molar-refractivity contribution is 5.89. The van der Waals surface area contributed by atoms with Crippen LogP contribution in [0.3, 0.4) is 0 Å². The number of nitrogens with zero attached hydrogens (tertiary/aromatic N) is 2. The zero-order chi connectivity index (χ0) is 20.5. The van der Waals surface area contributed by atoms with Crippen molar-refractivity contribution in [2.75, 3.05) is 11.5 Å². The summed E-state index contributed by atoms with van der Waals surface area (Å²) in [4.78, 5) is 8.36. The van der Waals surface area contributed by atoms with Crippen LogP contribution in [-0.4, -0.2) is 9.97 Å².